The van der Waals surface area contributed by atoms with Crippen LogP contribution in [-0.2, 0) is 13.2 Å². The Morgan fingerprint density at radius 1 is 1.23 bits per heavy atom. The predicted molar refractivity (Wildman–Crippen MR) is 90.4 cm³/mol. The topological polar surface area (TPSA) is 41.5 Å². The van der Waals surface area contributed by atoms with E-state index in [-0.39, 0.29) is 6.10 Å². The van der Waals surface area contributed by atoms with E-state index in [1.165, 1.54) is 5.56 Å². The minimum Gasteiger partial charge on any atom is -0.489 e. The molecule has 2 rings (SSSR count). The van der Waals surface area contributed by atoms with Gasteiger partial charge in [0.2, 0.25) is 0 Å². The summed E-state index contributed by atoms with van der Waals surface area (Å²) in [7, 11) is 0. The number of rotatable bonds is 7. The highest BCUT2D eigenvalue weighted by molar-refractivity contribution is 6.30. The molecule has 0 heterocycles. The molecule has 2 aromatic carbocycles. The molecule has 4 heteroatoms. The van der Waals surface area contributed by atoms with E-state index in [0.717, 1.165) is 16.9 Å². The summed E-state index contributed by atoms with van der Waals surface area (Å²) in [4.78, 5) is 0. The van der Waals surface area contributed by atoms with Crippen LogP contribution in [0.4, 0.5) is 0 Å². The van der Waals surface area contributed by atoms with Crippen molar-refractivity contribution in [1.29, 1.82) is 0 Å². The SMILES string of the molecule is Cc1cccc(COc2ccc(Cl)cc2CNC[C@H](C)O)c1. The highest BCUT2D eigenvalue weighted by Gasteiger charge is 2.06. The third-order valence-corrected chi connectivity index (χ3v) is 3.49. The number of nitrogens with one attached hydrogen (secondary N) is 1. The average molecular weight is 320 g/mol. The molecule has 2 aromatic rings. The van der Waals surface area contributed by atoms with Crippen molar-refractivity contribution in [1.82, 2.24) is 5.32 Å². The molecule has 1 atom stereocenters. The van der Waals surface area contributed by atoms with Crippen LogP contribution < -0.4 is 10.1 Å². The second-order valence-electron chi connectivity index (χ2n) is 5.51. The molecule has 0 amide bonds. The molecule has 0 saturated heterocycles. The van der Waals surface area contributed by atoms with Gasteiger partial charge in [-0.25, -0.2) is 0 Å². The van der Waals surface area contributed by atoms with Gasteiger partial charge >= 0.3 is 0 Å². The Kier molecular flexibility index (Phi) is 6.25. The van der Waals surface area contributed by atoms with Gasteiger partial charge in [-0.15, -0.1) is 0 Å². The molecular formula is C18H22ClNO2. The van der Waals surface area contributed by atoms with Gasteiger partial charge in [0, 0.05) is 23.7 Å². The molecule has 0 radical (unpaired) electrons. The van der Waals surface area contributed by atoms with E-state index in [4.69, 9.17) is 16.3 Å². The Bertz CT molecular complexity index is 614. The third-order valence-electron chi connectivity index (χ3n) is 3.25. The van der Waals surface area contributed by atoms with E-state index in [9.17, 15) is 5.11 Å². The predicted octanol–water partition coefficient (Wildman–Crippen LogP) is 3.70. The summed E-state index contributed by atoms with van der Waals surface area (Å²) in [5.41, 5.74) is 3.34. The average Bonchev–Trinajstić information content (AvgIpc) is 2.46. The van der Waals surface area contributed by atoms with E-state index in [1.807, 2.05) is 30.3 Å². The minimum atomic E-state index is -0.379. The van der Waals surface area contributed by atoms with Gasteiger partial charge < -0.3 is 15.2 Å². The zero-order valence-electron chi connectivity index (χ0n) is 13.0. The van der Waals surface area contributed by atoms with Crippen molar-refractivity contribution in [3.63, 3.8) is 0 Å². The monoisotopic (exact) mass is 319 g/mol. The first kappa shape index (κ1) is 16.8. The van der Waals surface area contributed by atoms with Gasteiger partial charge in [-0.05, 0) is 37.6 Å². The van der Waals surface area contributed by atoms with Crippen LogP contribution in [0.3, 0.4) is 0 Å². The van der Waals surface area contributed by atoms with Crippen molar-refractivity contribution in [2.75, 3.05) is 6.54 Å². The van der Waals surface area contributed by atoms with Gasteiger partial charge in [0.1, 0.15) is 12.4 Å². The summed E-state index contributed by atoms with van der Waals surface area (Å²) in [6.45, 7) is 5.47. The fourth-order valence-corrected chi connectivity index (χ4v) is 2.40. The van der Waals surface area contributed by atoms with E-state index >= 15 is 0 Å². The maximum atomic E-state index is 9.31. The van der Waals surface area contributed by atoms with Gasteiger partial charge in [0.15, 0.2) is 0 Å². The zero-order valence-corrected chi connectivity index (χ0v) is 13.7. The van der Waals surface area contributed by atoms with Gasteiger partial charge in [0.05, 0.1) is 6.10 Å². The molecular weight excluding hydrogens is 298 g/mol. The van der Waals surface area contributed by atoms with Crippen LogP contribution in [0.2, 0.25) is 5.02 Å². The van der Waals surface area contributed by atoms with Crippen molar-refractivity contribution >= 4 is 11.6 Å². The molecule has 0 aliphatic rings. The quantitative estimate of drug-likeness (QED) is 0.817. The molecule has 118 valence electrons. The smallest absolute Gasteiger partial charge is 0.124 e. The van der Waals surface area contributed by atoms with Crippen LogP contribution in [0.5, 0.6) is 5.75 Å². The molecule has 0 unspecified atom stereocenters. The van der Waals surface area contributed by atoms with Gasteiger partial charge in [-0.1, -0.05) is 41.4 Å². The van der Waals surface area contributed by atoms with Gasteiger partial charge in [-0.2, -0.15) is 0 Å². The Labute approximate surface area is 136 Å². The number of ether oxygens (including phenoxy) is 1. The van der Waals surface area contributed by atoms with Crippen LogP contribution in [0.15, 0.2) is 42.5 Å². The molecule has 22 heavy (non-hydrogen) atoms. The summed E-state index contributed by atoms with van der Waals surface area (Å²) in [5, 5.41) is 13.2. The Hall–Kier alpha value is -1.55. The summed E-state index contributed by atoms with van der Waals surface area (Å²) in [6, 6.07) is 13.9. The standard InChI is InChI=1S/C18H22ClNO2/c1-13-4-3-5-15(8-13)12-22-18-7-6-17(19)9-16(18)11-20-10-14(2)21/h3-9,14,20-21H,10-12H2,1-2H3/t14-/m0/s1. The number of hydrogen-bond acceptors (Lipinski definition) is 3. The van der Waals surface area contributed by atoms with Crippen molar-refractivity contribution in [3.05, 3.63) is 64.2 Å². The molecule has 0 saturated carbocycles. The summed E-state index contributed by atoms with van der Waals surface area (Å²) in [6.07, 6.45) is -0.379. The van der Waals surface area contributed by atoms with Crippen molar-refractivity contribution < 1.29 is 9.84 Å². The maximum Gasteiger partial charge on any atom is 0.124 e. The number of benzene rings is 2. The Morgan fingerprint density at radius 2 is 2.05 bits per heavy atom. The lowest BCUT2D eigenvalue weighted by molar-refractivity contribution is 0.190. The summed E-state index contributed by atoms with van der Waals surface area (Å²) >= 11 is 6.06. The second kappa shape index (κ2) is 8.18. The fourth-order valence-electron chi connectivity index (χ4n) is 2.21. The highest BCUT2D eigenvalue weighted by atomic mass is 35.5. The lowest BCUT2D eigenvalue weighted by Gasteiger charge is -2.14. The van der Waals surface area contributed by atoms with Gasteiger partial charge in [0.25, 0.3) is 0 Å². The van der Waals surface area contributed by atoms with Crippen molar-refractivity contribution in [3.8, 4) is 5.75 Å². The normalized spacial score (nSPS) is 12.2. The molecule has 3 nitrogen and oxygen atoms in total. The number of hydrogen-bond donors (Lipinski definition) is 2. The highest BCUT2D eigenvalue weighted by Crippen LogP contribution is 2.24. The van der Waals surface area contributed by atoms with Crippen LogP contribution in [-0.4, -0.2) is 17.8 Å². The largest absolute Gasteiger partial charge is 0.489 e. The van der Waals surface area contributed by atoms with E-state index in [1.54, 1.807) is 6.92 Å². The Morgan fingerprint density at radius 3 is 2.77 bits per heavy atom. The lowest BCUT2D eigenvalue weighted by Crippen LogP contribution is -2.24. The van der Waals surface area contributed by atoms with E-state index in [0.29, 0.717) is 24.7 Å². The van der Waals surface area contributed by atoms with E-state index < -0.39 is 0 Å². The van der Waals surface area contributed by atoms with Crippen molar-refractivity contribution in [2.45, 2.75) is 33.1 Å². The molecule has 0 spiro atoms. The summed E-state index contributed by atoms with van der Waals surface area (Å²) < 4.78 is 5.93. The molecule has 0 aliphatic carbocycles. The molecule has 0 aromatic heterocycles. The fraction of sp³-hybridized carbons (Fsp3) is 0.333. The van der Waals surface area contributed by atoms with Crippen LogP contribution in [0.25, 0.3) is 0 Å². The second-order valence-corrected chi connectivity index (χ2v) is 5.95. The minimum absolute atomic E-state index is 0.379. The first-order valence-electron chi connectivity index (χ1n) is 7.40. The molecule has 0 fully saturated rings. The maximum absolute atomic E-state index is 9.31. The van der Waals surface area contributed by atoms with Gasteiger partial charge in [-0.3, -0.25) is 0 Å². The number of aliphatic hydroxyl groups excluding tert-OH is 1. The number of halogens is 1. The van der Waals surface area contributed by atoms with Crippen LogP contribution in [0.1, 0.15) is 23.6 Å². The lowest BCUT2D eigenvalue weighted by atomic mass is 10.1. The summed E-state index contributed by atoms with van der Waals surface area (Å²) in [5.74, 6) is 0.809. The first-order valence-corrected chi connectivity index (χ1v) is 7.78. The van der Waals surface area contributed by atoms with Crippen molar-refractivity contribution in [2.24, 2.45) is 0 Å². The van der Waals surface area contributed by atoms with Crippen LogP contribution in [0, 0.1) is 6.92 Å². The number of aryl methyl sites for hydroxylation is 1. The van der Waals surface area contributed by atoms with E-state index in [2.05, 4.69) is 24.4 Å². The molecule has 0 bridgehead atoms. The molecule has 2 N–H and O–H groups in total. The third kappa shape index (κ3) is 5.34. The number of aliphatic hydroxyl groups is 1. The zero-order chi connectivity index (χ0) is 15.9. The first-order chi connectivity index (χ1) is 10.5. The Balaban J connectivity index is 2.03. The molecule has 0 aliphatic heterocycles. The van der Waals surface area contributed by atoms with Crippen LogP contribution >= 0.6 is 11.6 Å².